The van der Waals surface area contributed by atoms with Crippen LogP contribution < -0.4 is 11.5 Å². The molecule has 0 aromatic rings. The Hall–Kier alpha value is 0.0738. The Kier molecular flexibility index (Phi) is 24.4. The zero-order valence-corrected chi connectivity index (χ0v) is 23.9. The van der Waals surface area contributed by atoms with Gasteiger partial charge in [-0.2, -0.15) is 0 Å². The number of hydrogen-bond donors (Lipinski definition) is 2. The van der Waals surface area contributed by atoms with Crippen molar-refractivity contribution in [3.8, 4) is 0 Å². The predicted molar refractivity (Wildman–Crippen MR) is 134 cm³/mol. The molecule has 1 unspecified atom stereocenters. The van der Waals surface area contributed by atoms with Gasteiger partial charge < -0.3 is 43.4 Å². The zero-order valence-electron chi connectivity index (χ0n) is 21.8. The molecule has 0 radical (unpaired) electrons. The summed E-state index contributed by atoms with van der Waals surface area (Å²) in [5, 5.41) is 0. The molecule has 0 rings (SSSR count). The van der Waals surface area contributed by atoms with Crippen molar-refractivity contribution in [1.82, 2.24) is 0 Å². The molecule has 0 bridgehead atoms. The number of ether oxygens (including phenoxy) is 3. The van der Waals surface area contributed by atoms with Crippen molar-refractivity contribution in [1.29, 1.82) is 0 Å². The van der Waals surface area contributed by atoms with Gasteiger partial charge in [0.1, 0.15) is 6.61 Å². The zero-order chi connectivity index (χ0) is 24.7. The van der Waals surface area contributed by atoms with Crippen LogP contribution in [0, 0.1) is 0 Å². The van der Waals surface area contributed by atoms with Gasteiger partial charge in [-0.1, -0.05) is 0 Å². The molecule has 0 spiro atoms. The molecule has 196 valence electrons. The van der Waals surface area contributed by atoms with Crippen molar-refractivity contribution in [2.75, 3.05) is 59.3 Å². The average Bonchev–Trinajstić information content (AvgIpc) is 2.76. The van der Waals surface area contributed by atoms with Gasteiger partial charge in [-0.3, -0.25) is 0 Å². The molecule has 4 N–H and O–H groups in total. The van der Waals surface area contributed by atoms with E-state index in [4.69, 9.17) is 43.4 Å². The van der Waals surface area contributed by atoms with E-state index < -0.39 is 23.8 Å². The van der Waals surface area contributed by atoms with Crippen LogP contribution in [0.4, 0.5) is 0 Å². The lowest BCUT2D eigenvalue weighted by molar-refractivity contribution is -0.386. The van der Waals surface area contributed by atoms with Gasteiger partial charge in [0.05, 0.1) is 0 Å². The number of hydrogen-bond acceptors (Lipinski definition) is 9. The normalized spacial score (nSPS) is 13.0. The third-order valence-electron chi connectivity index (χ3n) is 4.27. The molecule has 0 aliphatic rings. The van der Waals surface area contributed by atoms with Crippen LogP contribution in [-0.2, 0) is 31.9 Å². The van der Waals surface area contributed by atoms with Crippen LogP contribution in [-0.4, -0.2) is 83.2 Å². The van der Waals surface area contributed by atoms with Gasteiger partial charge in [0.25, 0.3) is 0 Å². The molecule has 1 atom stereocenters. The highest BCUT2D eigenvalue weighted by Crippen LogP contribution is 2.18. The van der Waals surface area contributed by atoms with Gasteiger partial charge in [0.2, 0.25) is 0 Å². The molecule has 0 aliphatic heterocycles. The number of rotatable bonds is 21. The maximum atomic E-state index is 5.89. The van der Waals surface area contributed by atoms with Crippen molar-refractivity contribution < 1.29 is 31.9 Å². The quantitative estimate of drug-likeness (QED) is 0.181. The van der Waals surface area contributed by atoms with Crippen molar-refractivity contribution in [2.24, 2.45) is 11.5 Å². The van der Waals surface area contributed by atoms with E-state index in [2.05, 4.69) is 6.55 Å². The minimum absolute atomic E-state index is 0.226. The van der Waals surface area contributed by atoms with Gasteiger partial charge in [-0.15, -0.1) is 0 Å². The summed E-state index contributed by atoms with van der Waals surface area (Å²) < 4.78 is 39.7. The van der Waals surface area contributed by atoms with E-state index in [0.29, 0.717) is 33.0 Å². The second-order valence-corrected chi connectivity index (χ2v) is 12.4. The van der Waals surface area contributed by atoms with Gasteiger partial charge in [0, 0.05) is 39.6 Å². The molecule has 0 saturated carbocycles. The van der Waals surface area contributed by atoms with Crippen LogP contribution in [0.2, 0.25) is 18.6 Å². The third kappa shape index (κ3) is 17.5. The first-order chi connectivity index (χ1) is 15.4. The molecule has 11 heteroatoms. The molecule has 0 heterocycles. The van der Waals surface area contributed by atoms with Crippen LogP contribution >= 0.6 is 0 Å². The summed E-state index contributed by atoms with van der Waals surface area (Å²) in [5.41, 5.74) is 11.0. The summed E-state index contributed by atoms with van der Waals surface area (Å²) in [6, 6.07) is 1.88. The van der Waals surface area contributed by atoms with Crippen LogP contribution in [0.3, 0.4) is 0 Å². The summed E-state index contributed by atoms with van der Waals surface area (Å²) in [5.74, 6) is -1.12. The minimum atomic E-state index is -1.85. The Morgan fingerprint density at radius 3 is 1.56 bits per heavy atom. The smallest absolute Gasteiger partial charge is 0.334 e. The van der Waals surface area contributed by atoms with Crippen LogP contribution in [0.15, 0.2) is 0 Å². The fraction of sp³-hybridized carbons (Fsp3) is 1.00. The maximum Gasteiger partial charge on any atom is 0.334 e. The highest BCUT2D eigenvalue weighted by Gasteiger charge is 2.34. The van der Waals surface area contributed by atoms with Crippen molar-refractivity contribution in [2.45, 2.75) is 79.0 Å². The van der Waals surface area contributed by atoms with E-state index in [-0.39, 0.29) is 6.61 Å². The second kappa shape index (κ2) is 22.8. The minimum Gasteiger partial charge on any atom is -0.397 e. The Labute approximate surface area is 199 Å². The fourth-order valence-electron chi connectivity index (χ4n) is 3.01. The summed E-state index contributed by atoms with van der Waals surface area (Å²) in [4.78, 5) is 0. The Bertz CT molecular complexity index is 376. The largest absolute Gasteiger partial charge is 0.397 e. The molecule has 0 saturated heterocycles. The summed E-state index contributed by atoms with van der Waals surface area (Å²) >= 11 is 0. The van der Waals surface area contributed by atoms with Crippen molar-refractivity contribution in [3.63, 3.8) is 0 Å². The topological polar surface area (TPSA) is 117 Å². The van der Waals surface area contributed by atoms with Crippen molar-refractivity contribution >= 4 is 17.8 Å². The summed E-state index contributed by atoms with van der Waals surface area (Å²) in [6.07, 6.45) is 1.91. The second-order valence-electron chi connectivity index (χ2n) is 7.00. The first-order valence-corrected chi connectivity index (χ1v) is 16.5. The van der Waals surface area contributed by atoms with Gasteiger partial charge >= 0.3 is 23.8 Å². The molecule has 0 aromatic heterocycles. The van der Waals surface area contributed by atoms with E-state index in [1.165, 1.54) is 0 Å². The maximum absolute atomic E-state index is 5.89. The van der Waals surface area contributed by atoms with Crippen molar-refractivity contribution in [3.05, 3.63) is 0 Å². The van der Waals surface area contributed by atoms with Crippen LogP contribution in [0.5, 0.6) is 0 Å². The Balaban J connectivity index is 0. The van der Waals surface area contributed by atoms with Crippen LogP contribution in [0.25, 0.3) is 0 Å². The summed E-state index contributed by atoms with van der Waals surface area (Å²) in [7, 11) is -3.60. The lowest BCUT2D eigenvalue weighted by Crippen LogP contribution is -2.46. The van der Waals surface area contributed by atoms with Gasteiger partial charge in [-0.05, 0) is 86.1 Å². The first-order valence-electron chi connectivity index (χ1n) is 12.2. The first kappa shape index (κ1) is 34.2. The molecule has 0 aromatic carbocycles. The molecular weight excluding hydrogens is 448 g/mol. The Morgan fingerprint density at radius 2 is 1.19 bits per heavy atom. The molecule has 32 heavy (non-hydrogen) atoms. The Morgan fingerprint density at radius 1 is 0.688 bits per heavy atom. The number of nitrogens with two attached hydrogens (primary N) is 2. The lowest BCUT2D eigenvalue weighted by atomic mass is 10.5. The van der Waals surface area contributed by atoms with E-state index in [1.807, 2.05) is 41.5 Å². The highest BCUT2D eigenvalue weighted by molar-refractivity contribution is 6.66. The summed E-state index contributed by atoms with van der Waals surface area (Å²) in [6.45, 7) is 19.0. The van der Waals surface area contributed by atoms with Crippen LogP contribution in [0.1, 0.15) is 54.4 Å². The molecule has 0 fully saturated rings. The monoisotopic (exact) mass is 500 g/mol. The standard InChI is InChI=1S/C13H31NO5Si.C8H21NO2Si/c1-5-15-13(16-6-2,17-7-3)12-19-20(18-8-4)11-9-10-14;1-4-10-12(3,11-5-2)8-6-7-9/h20H,5-12,14H2,1-4H3;4-9H2,1-3H3. The van der Waals surface area contributed by atoms with E-state index in [1.54, 1.807) is 0 Å². The van der Waals surface area contributed by atoms with E-state index in [9.17, 15) is 0 Å². The molecular formula is C21H52N2O7Si2. The van der Waals surface area contributed by atoms with Gasteiger partial charge in [0.15, 0.2) is 0 Å². The molecule has 9 nitrogen and oxygen atoms in total. The molecule has 0 amide bonds. The molecule has 0 aliphatic carbocycles. The fourth-order valence-corrected chi connectivity index (χ4v) is 7.21. The lowest BCUT2D eigenvalue weighted by Gasteiger charge is -2.33. The van der Waals surface area contributed by atoms with E-state index >= 15 is 0 Å². The van der Waals surface area contributed by atoms with Gasteiger partial charge in [-0.25, -0.2) is 0 Å². The predicted octanol–water partition coefficient (Wildman–Crippen LogP) is 2.85. The SMILES string of the molecule is CCO[SiH](CCCN)OCC(OCC)(OCC)OCC.CCO[Si](C)(CCCN)OCC. The highest BCUT2D eigenvalue weighted by atomic mass is 28.4. The van der Waals surface area contributed by atoms with E-state index in [0.717, 1.165) is 44.7 Å². The average molecular weight is 501 g/mol. The third-order valence-corrected chi connectivity index (χ3v) is 9.45.